The van der Waals surface area contributed by atoms with Crippen LogP contribution in [-0.4, -0.2) is 38.6 Å². The van der Waals surface area contributed by atoms with E-state index in [4.69, 9.17) is 4.74 Å². The molecule has 0 saturated heterocycles. The van der Waals surface area contributed by atoms with Crippen LogP contribution in [0.4, 0.5) is 15.8 Å². The Labute approximate surface area is 177 Å². The molecular weight excluding hydrogens is 403 g/mol. The van der Waals surface area contributed by atoms with Gasteiger partial charge >= 0.3 is 0 Å². The highest BCUT2D eigenvalue weighted by molar-refractivity contribution is 5.94. The van der Waals surface area contributed by atoms with E-state index in [1.165, 1.54) is 22.9 Å². The van der Waals surface area contributed by atoms with E-state index in [0.717, 1.165) is 11.3 Å². The Hall–Kier alpha value is -3.82. The number of carbonyl (C=O) groups excluding carboxylic acids is 2. The fourth-order valence-electron chi connectivity index (χ4n) is 3.30. The summed E-state index contributed by atoms with van der Waals surface area (Å²) >= 11 is 0. The molecule has 2 N–H and O–H groups in total. The van der Waals surface area contributed by atoms with Gasteiger partial charge in [0.1, 0.15) is 17.3 Å². The number of hydrogen-bond donors (Lipinski definition) is 2. The van der Waals surface area contributed by atoms with Gasteiger partial charge in [0.15, 0.2) is 5.82 Å². The molecule has 31 heavy (non-hydrogen) atoms. The Morgan fingerprint density at radius 1 is 1.26 bits per heavy atom. The predicted octanol–water partition coefficient (Wildman–Crippen LogP) is 2.79. The number of benzene rings is 2. The van der Waals surface area contributed by atoms with Gasteiger partial charge in [0.25, 0.3) is 0 Å². The molecule has 0 bridgehead atoms. The molecule has 0 aliphatic carbocycles. The minimum Gasteiger partial charge on any atom is -0.494 e. The fraction of sp³-hybridized carbons (Fsp3) is 0.286. The molecule has 10 heteroatoms. The summed E-state index contributed by atoms with van der Waals surface area (Å²) in [4.78, 5) is 23.7. The number of carbonyl (C=O) groups is 2. The maximum absolute atomic E-state index is 14.1. The van der Waals surface area contributed by atoms with Crippen molar-refractivity contribution in [2.75, 3.05) is 17.2 Å². The van der Waals surface area contributed by atoms with Gasteiger partial charge in [-0.05, 0) is 72.2 Å². The maximum atomic E-state index is 14.1. The third kappa shape index (κ3) is 4.85. The Bertz CT molecular complexity index is 1130. The summed E-state index contributed by atoms with van der Waals surface area (Å²) in [6.07, 6.45) is 1.91. The van der Waals surface area contributed by atoms with E-state index in [2.05, 4.69) is 26.2 Å². The van der Waals surface area contributed by atoms with Gasteiger partial charge in [-0.3, -0.25) is 9.59 Å². The number of nitrogens with one attached hydrogen (secondary N) is 2. The van der Waals surface area contributed by atoms with Crippen molar-refractivity contribution in [1.82, 2.24) is 20.2 Å². The molecule has 0 radical (unpaired) electrons. The summed E-state index contributed by atoms with van der Waals surface area (Å²) in [5, 5.41) is 16.6. The zero-order chi connectivity index (χ0) is 21.8. The number of rotatable bonds is 7. The average Bonchev–Trinajstić information content (AvgIpc) is 3.18. The van der Waals surface area contributed by atoms with Crippen LogP contribution in [0.2, 0.25) is 0 Å². The molecule has 1 aliphatic heterocycles. The number of anilines is 2. The zero-order valence-corrected chi connectivity index (χ0v) is 16.9. The lowest BCUT2D eigenvalue weighted by molar-refractivity contribution is -0.117. The number of amides is 2. The lowest BCUT2D eigenvalue weighted by Crippen LogP contribution is -2.18. The van der Waals surface area contributed by atoms with Crippen LogP contribution in [0.15, 0.2) is 36.4 Å². The van der Waals surface area contributed by atoms with Crippen molar-refractivity contribution in [2.24, 2.45) is 0 Å². The van der Waals surface area contributed by atoms with Gasteiger partial charge in [0.2, 0.25) is 11.8 Å². The minimum atomic E-state index is -0.494. The van der Waals surface area contributed by atoms with Crippen LogP contribution < -0.4 is 15.4 Å². The summed E-state index contributed by atoms with van der Waals surface area (Å²) in [7, 11) is 0. The normalized spacial score (nSPS) is 12.8. The topological polar surface area (TPSA) is 111 Å². The van der Waals surface area contributed by atoms with Gasteiger partial charge in [-0.15, -0.1) is 5.10 Å². The standard InChI is InChI=1S/C21H21FN6O3/c1-13-25-26-27-28(13)19-12-15(5-7-17(19)22)23-20(29)3-2-10-31-16-6-8-18-14(11-16)4-9-21(30)24-18/h5-8,11-12H,2-4,9-10H2,1H3,(H,23,29)(H,24,30). The quantitative estimate of drug-likeness (QED) is 0.564. The van der Waals surface area contributed by atoms with Crippen molar-refractivity contribution in [2.45, 2.75) is 32.6 Å². The third-order valence-electron chi connectivity index (χ3n) is 4.87. The molecule has 2 heterocycles. The van der Waals surface area contributed by atoms with Crippen molar-refractivity contribution in [1.29, 1.82) is 0 Å². The largest absolute Gasteiger partial charge is 0.494 e. The molecule has 0 unspecified atom stereocenters. The number of aryl methyl sites for hydroxylation is 2. The molecule has 3 aromatic rings. The van der Waals surface area contributed by atoms with E-state index in [1.807, 2.05) is 12.1 Å². The van der Waals surface area contributed by atoms with Crippen LogP contribution in [0.3, 0.4) is 0 Å². The molecule has 2 amide bonds. The number of aromatic nitrogens is 4. The van der Waals surface area contributed by atoms with E-state index in [0.29, 0.717) is 43.1 Å². The molecule has 4 rings (SSSR count). The number of halogens is 1. The molecule has 0 saturated carbocycles. The first-order chi connectivity index (χ1) is 15.0. The summed E-state index contributed by atoms with van der Waals surface area (Å²) < 4.78 is 21.1. The highest BCUT2D eigenvalue weighted by atomic mass is 19.1. The molecule has 1 aromatic heterocycles. The van der Waals surface area contributed by atoms with Crippen molar-refractivity contribution in [3.05, 3.63) is 53.6 Å². The number of ether oxygens (including phenoxy) is 1. The molecule has 0 spiro atoms. The van der Waals surface area contributed by atoms with Crippen molar-refractivity contribution in [3.63, 3.8) is 0 Å². The van der Waals surface area contributed by atoms with Gasteiger partial charge in [-0.1, -0.05) is 0 Å². The van der Waals surface area contributed by atoms with E-state index in [1.54, 1.807) is 13.0 Å². The molecular formula is C21H21FN6O3. The summed E-state index contributed by atoms with van der Waals surface area (Å²) in [5.41, 5.74) is 2.47. The summed E-state index contributed by atoms with van der Waals surface area (Å²) in [6, 6.07) is 9.76. The molecule has 0 atom stereocenters. The zero-order valence-electron chi connectivity index (χ0n) is 16.9. The number of hydrogen-bond acceptors (Lipinski definition) is 6. The first kappa shape index (κ1) is 20.5. The van der Waals surface area contributed by atoms with Crippen LogP contribution in [-0.2, 0) is 16.0 Å². The van der Waals surface area contributed by atoms with Crippen molar-refractivity contribution in [3.8, 4) is 11.4 Å². The van der Waals surface area contributed by atoms with Crippen LogP contribution in [0.25, 0.3) is 5.69 Å². The highest BCUT2D eigenvalue weighted by Crippen LogP contribution is 2.27. The number of nitrogens with zero attached hydrogens (tertiary/aromatic N) is 4. The van der Waals surface area contributed by atoms with E-state index in [-0.39, 0.29) is 23.9 Å². The minimum absolute atomic E-state index is 0.0218. The molecule has 160 valence electrons. The van der Waals surface area contributed by atoms with Crippen LogP contribution >= 0.6 is 0 Å². The van der Waals surface area contributed by atoms with Crippen LogP contribution in [0.5, 0.6) is 5.75 Å². The SMILES string of the molecule is Cc1nnnn1-c1cc(NC(=O)CCCOc2ccc3c(c2)CCC(=O)N3)ccc1F. The first-order valence-electron chi connectivity index (χ1n) is 9.90. The van der Waals surface area contributed by atoms with Gasteiger partial charge in [0.05, 0.1) is 6.61 Å². The smallest absolute Gasteiger partial charge is 0.224 e. The lowest BCUT2D eigenvalue weighted by atomic mass is 10.0. The lowest BCUT2D eigenvalue weighted by Gasteiger charge is -2.17. The van der Waals surface area contributed by atoms with Crippen molar-refractivity contribution >= 4 is 23.2 Å². The van der Waals surface area contributed by atoms with Gasteiger partial charge in [-0.25, -0.2) is 4.39 Å². The number of tetrazole rings is 1. The summed E-state index contributed by atoms with van der Waals surface area (Å²) in [6.45, 7) is 2.03. The summed E-state index contributed by atoms with van der Waals surface area (Å²) in [5.74, 6) is 0.460. The second-order valence-electron chi connectivity index (χ2n) is 7.17. The van der Waals surface area contributed by atoms with E-state index < -0.39 is 5.82 Å². The fourth-order valence-corrected chi connectivity index (χ4v) is 3.30. The van der Waals surface area contributed by atoms with E-state index >= 15 is 0 Å². The predicted molar refractivity (Wildman–Crippen MR) is 111 cm³/mol. The van der Waals surface area contributed by atoms with Gasteiger partial charge < -0.3 is 15.4 Å². The Balaban J connectivity index is 1.27. The Morgan fingerprint density at radius 2 is 2.13 bits per heavy atom. The van der Waals surface area contributed by atoms with Gasteiger partial charge in [0, 0.05) is 24.2 Å². The second kappa shape index (κ2) is 8.90. The Morgan fingerprint density at radius 3 is 2.94 bits per heavy atom. The maximum Gasteiger partial charge on any atom is 0.224 e. The van der Waals surface area contributed by atoms with Crippen LogP contribution in [0.1, 0.15) is 30.7 Å². The second-order valence-corrected chi connectivity index (χ2v) is 7.17. The van der Waals surface area contributed by atoms with Crippen LogP contribution in [0, 0.1) is 12.7 Å². The molecule has 2 aromatic carbocycles. The molecule has 1 aliphatic rings. The first-order valence-corrected chi connectivity index (χ1v) is 9.90. The molecule has 0 fully saturated rings. The average molecular weight is 424 g/mol. The molecule has 9 nitrogen and oxygen atoms in total. The van der Waals surface area contributed by atoms with Gasteiger partial charge in [-0.2, -0.15) is 4.68 Å². The van der Waals surface area contributed by atoms with E-state index in [9.17, 15) is 14.0 Å². The monoisotopic (exact) mass is 424 g/mol. The number of fused-ring (bicyclic) bond motifs is 1. The highest BCUT2D eigenvalue weighted by Gasteiger charge is 2.15. The van der Waals surface area contributed by atoms with Crippen molar-refractivity contribution < 1.29 is 18.7 Å². The third-order valence-corrected chi connectivity index (χ3v) is 4.87. The Kier molecular flexibility index (Phi) is 5.87.